The molecule has 7 nitrogen and oxygen atoms in total. The Morgan fingerprint density at radius 3 is 1.64 bits per heavy atom. The van der Waals surface area contributed by atoms with Gasteiger partial charge in [-0.15, -0.1) is 0 Å². The SMILES string of the molecule is Cc1cc(C(F)(F)F)cc(CC(=O)c2cccc(C(=O)Cc3cc(C(F)(F)F)cc(N)c3OCCN)c2)c1OCCN. The van der Waals surface area contributed by atoms with Crippen LogP contribution in [-0.2, 0) is 25.2 Å². The van der Waals surface area contributed by atoms with Gasteiger partial charge in [-0.05, 0) is 42.8 Å². The number of Topliss-reactive ketones (excluding diaryl/α,β-unsaturated/α-hetero) is 2. The molecule has 0 heterocycles. The van der Waals surface area contributed by atoms with Gasteiger partial charge in [0.2, 0.25) is 0 Å². The van der Waals surface area contributed by atoms with Crippen LogP contribution in [0.4, 0.5) is 32.0 Å². The van der Waals surface area contributed by atoms with Crippen molar-refractivity contribution in [2.75, 3.05) is 32.0 Å². The minimum atomic E-state index is -4.74. The van der Waals surface area contributed by atoms with Gasteiger partial charge >= 0.3 is 12.4 Å². The summed E-state index contributed by atoms with van der Waals surface area (Å²) in [6, 6.07) is 8.53. The van der Waals surface area contributed by atoms with Crippen molar-refractivity contribution in [3.8, 4) is 11.5 Å². The van der Waals surface area contributed by atoms with Crippen molar-refractivity contribution in [2.24, 2.45) is 11.5 Å². The number of nitrogens with two attached hydrogens (primary N) is 3. The summed E-state index contributed by atoms with van der Waals surface area (Å²) in [6.45, 7) is 1.50. The minimum absolute atomic E-state index is 0.00357. The highest BCUT2D eigenvalue weighted by Gasteiger charge is 2.33. The molecule has 13 heteroatoms. The Bertz CT molecular complexity index is 1350. The van der Waals surface area contributed by atoms with E-state index < -0.39 is 47.9 Å². The smallest absolute Gasteiger partial charge is 0.416 e. The summed E-state index contributed by atoms with van der Waals surface area (Å²) in [5, 5.41) is 0. The molecule has 3 rings (SSSR count). The molecule has 0 radical (unpaired) electrons. The largest absolute Gasteiger partial charge is 0.492 e. The zero-order chi connectivity index (χ0) is 31.2. The fraction of sp³-hybridized carbons (Fsp3) is 0.310. The van der Waals surface area contributed by atoms with E-state index in [-0.39, 0.29) is 71.3 Å². The Kier molecular flexibility index (Phi) is 10.2. The molecule has 0 aliphatic rings. The number of hydrogen-bond donors (Lipinski definition) is 3. The van der Waals surface area contributed by atoms with E-state index in [1.807, 2.05) is 0 Å². The van der Waals surface area contributed by atoms with E-state index in [0.29, 0.717) is 6.07 Å². The lowest BCUT2D eigenvalue weighted by molar-refractivity contribution is -0.138. The highest BCUT2D eigenvalue weighted by atomic mass is 19.4. The maximum Gasteiger partial charge on any atom is 0.416 e. The number of carbonyl (C=O) groups is 2. The highest BCUT2D eigenvalue weighted by Crippen LogP contribution is 2.38. The molecular formula is C29H29F6N3O4. The highest BCUT2D eigenvalue weighted by molar-refractivity contribution is 6.03. The fourth-order valence-corrected chi connectivity index (χ4v) is 4.27. The Balaban J connectivity index is 1.93. The molecule has 0 bridgehead atoms. The zero-order valence-electron chi connectivity index (χ0n) is 22.5. The number of ketones is 2. The first-order chi connectivity index (χ1) is 19.6. The second-order valence-corrected chi connectivity index (χ2v) is 9.39. The lowest BCUT2D eigenvalue weighted by atomic mass is 9.95. The van der Waals surface area contributed by atoms with E-state index in [2.05, 4.69) is 0 Å². The van der Waals surface area contributed by atoms with Gasteiger partial charge in [-0.3, -0.25) is 9.59 Å². The molecule has 3 aromatic rings. The van der Waals surface area contributed by atoms with Gasteiger partial charge in [-0.2, -0.15) is 26.3 Å². The maximum atomic E-state index is 13.5. The number of nitrogen functional groups attached to an aromatic ring is 1. The second kappa shape index (κ2) is 13.3. The number of benzene rings is 3. The second-order valence-electron chi connectivity index (χ2n) is 9.39. The third-order valence-electron chi connectivity index (χ3n) is 6.14. The number of rotatable bonds is 12. The Morgan fingerprint density at radius 2 is 1.17 bits per heavy atom. The van der Waals surface area contributed by atoms with Crippen molar-refractivity contribution < 1.29 is 45.4 Å². The summed E-state index contributed by atoms with van der Waals surface area (Å²) in [7, 11) is 0. The lowest BCUT2D eigenvalue weighted by Gasteiger charge is -2.17. The van der Waals surface area contributed by atoms with Crippen LogP contribution in [0.1, 0.15) is 48.5 Å². The van der Waals surface area contributed by atoms with Gasteiger partial charge in [0.15, 0.2) is 11.6 Å². The van der Waals surface area contributed by atoms with Crippen molar-refractivity contribution in [1.29, 1.82) is 0 Å². The van der Waals surface area contributed by atoms with Gasteiger partial charge in [0.05, 0.1) is 16.8 Å². The topological polar surface area (TPSA) is 131 Å². The zero-order valence-corrected chi connectivity index (χ0v) is 22.5. The number of halogens is 6. The molecule has 3 aromatic carbocycles. The first-order valence-electron chi connectivity index (χ1n) is 12.7. The van der Waals surface area contributed by atoms with Gasteiger partial charge < -0.3 is 26.7 Å². The lowest BCUT2D eigenvalue weighted by Crippen LogP contribution is -2.16. The molecule has 0 aromatic heterocycles. The summed E-state index contributed by atoms with van der Waals surface area (Å²) in [5.74, 6) is -1.28. The van der Waals surface area contributed by atoms with E-state index in [9.17, 15) is 35.9 Å². The van der Waals surface area contributed by atoms with E-state index in [1.54, 1.807) is 0 Å². The average molecular weight is 598 g/mol. The van der Waals surface area contributed by atoms with Gasteiger partial charge in [0.25, 0.3) is 0 Å². The first kappa shape index (κ1) is 32.4. The molecule has 0 saturated heterocycles. The van der Waals surface area contributed by atoms with Crippen LogP contribution in [0.3, 0.4) is 0 Å². The maximum absolute atomic E-state index is 13.5. The standard InChI is InChI=1S/C29H29F6N3O4/c1-16-9-21(28(30,31)32)11-19(26(16)41-7-5-36)13-24(39)17-3-2-4-18(10-17)25(40)14-20-12-22(29(33,34)35)15-23(38)27(20)42-8-6-37/h2-4,9-12,15H,5-8,13-14,36-38H2,1H3. The van der Waals surface area contributed by atoms with Crippen molar-refractivity contribution in [2.45, 2.75) is 32.1 Å². The van der Waals surface area contributed by atoms with Crippen LogP contribution in [0, 0.1) is 6.92 Å². The molecule has 6 N–H and O–H groups in total. The van der Waals surface area contributed by atoms with Crippen LogP contribution in [0.2, 0.25) is 0 Å². The average Bonchev–Trinajstić information content (AvgIpc) is 2.91. The minimum Gasteiger partial charge on any atom is -0.492 e. The molecule has 0 unspecified atom stereocenters. The number of alkyl halides is 6. The number of hydrogen-bond acceptors (Lipinski definition) is 7. The van der Waals surface area contributed by atoms with E-state index >= 15 is 0 Å². The van der Waals surface area contributed by atoms with Crippen molar-refractivity contribution >= 4 is 17.3 Å². The molecule has 0 spiro atoms. The molecule has 42 heavy (non-hydrogen) atoms. The summed E-state index contributed by atoms with van der Waals surface area (Å²) in [5.41, 5.74) is 14.3. The van der Waals surface area contributed by atoms with E-state index in [4.69, 9.17) is 26.7 Å². The Labute approximate surface area is 237 Å². The number of anilines is 1. The predicted octanol–water partition coefficient (Wildman–Crippen LogP) is 5.14. The Morgan fingerprint density at radius 1 is 0.714 bits per heavy atom. The third kappa shape index (κ3) is 8.01. The molecule has 0 aliphatic carbocycles. The molecule has 0 amide bonds. The van der Waals surface area contributed by atoms with E-state index in [0.717, 1.165) is 18.2 Å². The number of carbonyl (C=O) groups excluding carboxylic acids is 2. The molecule has 226 valence electrons. The monoisotopic (exact) mass is 597 g/mol. The normalized spacial score (nSPS) is 11.8. The third-order valence-corrected chi connectivity index (χ3v) is 6.14. The van der Waals surface area contributed by atoms with Gasteiger partial charge in [0.1, 0.15) is 24.7 Å². The van der Waals surface area contributed by atoms with E-state index in [1.165, 1.54) is 31.2 Å². The fourth-order valence-electron chi connectivity index (χ4n) is 4.27. The quantitative estimate of drug-likeness (QED) is 0.150. The molecule has 0 aliphatic heterocycles. The van der Waals surface area contributed by atoms with Crippen LogP contribution in [-0.4, -0.2) is 37.9 Å². The molecule has 0 fully saturated rings. The number of aryl methyl sites for hydroxylation is 1. The van der Waals surface area contributed by atoms with Crippen molar-refractivity contribution in [3.05, 3.63) is 87.5 Å². The summed E-state index contributed by atoms with van der Waals surface area (Å²) >= 11 is 0. The number of ether oxygens (including phenoxy) is 2. The predicted molar refractivity (Wildman–Crippen MR) is 144 cm³/mol. The Hall–Kier alpha value is -4.10. The van der Waals surface area contributed by atoms with Crippen LogP contribution in [0.15, 0.2) is 48.5 Å². The summed E-state index contributed by atoms with van der Waals surface area (Å²) in [4.78, 5) is 26.3. The molecule has 0 atom stereocenters. The molecule has 0 saturated carbocycles. The summed E-state index contributed by atoms with van der Waals surface area (Å²) < 4.78 is 91.5. The van der Waals surface area contributed by atoms with Crippen molar-refractivity contribution in [3.63, 3.8) is 0 Å². The summed E-state index contributed by atoms with van der Waals surface area (Å²) in [6.07, 6.45) is -10.4. The first-order valence-corrected chi connectivity index (χ1v) is 12.7. The van der Waals surface area contributed by atoms with Gasteiger partial charge in [-0.25, -0.2) is 0 Å². The van der Waals surface area contributed by atoms with Crippen LogP contribution < -0.4 is 26.7 Å². The van der Waals surface area contributed by atoms with Crippen LogP contribution in [0.25, 0.3) is 0 Å². The van der Waals surface area contributed by atoms with Crippen molar-refractivity contribution in [1.82, 2.24) is 0 Å². The molecular weight excluding hydrogens is 568 g/mol. The van der Waals surface area contributed by atoms with Gasteiger partial charge in [0, 0.05) is 48.2 Å². The van der Waals surface area contributed by atoms with Crippen LogP contribution in [0.5, 0.6) is 11.5 Å². The van der Waals surface area contributed by atoms with Crippen LogP contribution >= 0.6 is 0 Å². The van der Waals surface area contributed by atoms with Gasteiger partial charge in [-0.1, -0.05) is 18.2 Å².